The van der Waals surface area contributed by atoms with E-state index in [2.05, 4.69) is 6.58 Å². The summed E-state index contributed by atoms with van der Waals surface area (Å²) in [4.78, 5) is 12.0. The molecule has 1 aliphatic carbocycles. The molecule has 3 aliphatic rings. The molecule has 2 bridgehead atoms. The number of ether oxygens (including phenoxy) is 2. The van der Waals surface area contributed by atoms with E-state index >= 15 is 0 Å². The van der Waals surface area contributed by atoms with Gasteiger partial charge in [-0.2, -0.15) is 0 Å². The van der Waals surface area contributed by atoms with Gasteiger partial charge in [-0.3, -0.25) is 0 Å². The molecule has 0 aromatic carbocycles. The van der Waals surface area contributed by atoms with Crippen molar-refractivity contribution in [1.82, 2.24) is 0 Å². The van der Waals surface area contributed by atoms with E-state index in [-0.39, 0.29) is 11.6 Å². The largest absolute Gasteiger partial charge is 0.455 e. The molecule has 3 unspecified atom stereocenters. The van der Waals surface area contributed by atoms with E-state index in [0.29, 0.717) is 23.7 Å². The van der Waals surface area contributed by atoms with Gasteiger partial charge in [-0.25, -0.2) is 4.79 Å². The van der Waals surface area contributed by atoms with Crippen LogP contribution in [-0.2, 0) is 14.3 Å². The summed E-state index contributed by atoms with van der Waals surface area (Å²) in [6.07, 6.45) is 9.73. The Bertz CT molecular complexity index is 381. The molecule has 2 aliphatic heterocycles. The third-order valence-electron chi connectivity index (χ3n) is 5.13. The van der Waals surface area contributed by atoms with Gasteiger partial charge in [0.1, 0.15) is 5.60 Å². The van der Waals surface area contributed by atoms with Gasteiger partial charge in [0.25, 0.3) is 0 Å². The molecule has 0 N–H and O–H groups in total. The van der Waals surface area contributed by atoms with Crippen molar-refractivity contribution in [3.63, 3.8) is 0 Å². The standard InChI is InChI=1S/C16H24O3/c1-11(2)15(17)19-16(8-4-3-5-9-16)13-10-12-6-7-14(13)18-12/h12-14H,1,3-10H2,2H3. The van der Waals surface area contributed by atoms with Crippen molar-refractivity contribution in [2.75, 3.05) is 0 Å². The summed E-state index contributed by atoms with van der Waals surface area (Å²) in [5, 5.41) is 0. The van der Waals surface area contributed by atoms with Crippen molar-refractivity contribution in [2.45, 2.75) is 76.1 Å². The van der Waals surface area contributed by atoms with Gasteiger partial charge in [0, 0.05) is 11.5 Å². The molecule has 0 spiro atoms. The molecule has 2 saturated heterocycles. The van der Waals surface area contributed by atoms with Gasteiger partial charge in [0.05, 0.1) is 12.2 Å². The second kappa shape index (κ2) is 4.93. The Morgan fingerprint density at radius 1 is 1.26 bits per heavy atom. The molecular weight excluding hydrogens is 240 g/mol. The summed E-state index contributed by atoms with van der Waals surface area (Å²) in [5.74, 6) is 0.194. The highest BCUT2D eigenvalue weighted by Gasteiger charge is 2.54. The van der Waals surface area contributed by atoms with Crippen molar-refractivity contribution < 1.29 is 14.3 Å². The summed E-state index contributed by atoms with van der Waals surface area (Å²) in [5.41, 5.74) is 0.239. The first-order valence-electron chi connectivity index (χ1n) is 7.65. The van der Waals surface area contributed by atoms with E-state index < -0.39 is 0 Å². The number of carbonyl (C=O) groups excluding carboxylic acids is 1. The first-order valence-corrected chi connectivity index (χ1v) is 7.65. The molecule has 1 saturated carbocycles. The van der Waals surface area contributed by atoms with Crippen LogP contribution in [0.25, 0.3) is 0 Å². The lowest BCUT2D eigenvalue weighted by atomic mass is 9.69. The topological polar surface area (TPSA) is 35.5 Å². The van der Waals surface area contributed by atoms with Crippen LogP contribution in [0.15, 0.2) is 12.2 Å². The molecule has 3 rings (SSSR count). The van der Waals surface area contributed by atoms with Crippen LogP contribution in [0, 0.1) is 5.92 Å². The van der Waals surface area contributed by atoms with Crippen molar-refractivity contribution in [1.29, 1.82) is 0 Å². The van der Waals surface area contributed by atoms with Crippen molar-refractivity contribution in [3.05, 3.63) is 12.2 Å². The maximum Gasteiger partial charge on any atom is 0.333 e. The van der Waals surface area contributed by atoms with Gasteiger partial charge < -0.3 is 9.47 Å². The highest BCUT2D eigenvalue weighted by molar-refractivity contribution is 5.87. The minimum atomic E-state index is -0.270. The van der Waals surface area contributed by atoms with Crippen LogP contribution in [0.5, 0.6) is 0 Å². The predicted octanol–water partition coefficient (Wildman–Crippen LogP) is 3.38. The molecule has 0 amide bonds. The average Bonchev–Trinajstić information content (AvgIpc) is 3.02. The predicted molar refractivity (Wildman–Crippen MR) is 72.7 cm³/mol. The molecule has 3 atom stereocenters. The Balaban J connectivity index is 1.80. The zero-order valence-corrected chi connectivity index (χ0v) is 11.8. The molecule has 19 heavy (non-hydrogen) atoms. The number of rotatable bonds is 3. The zero-order chi connectivity index (χ0) is 13.5. The zero-order valence-electron chi connectivity index (χ0n) is 11.8. The summed E-state index contributed by atoms with van der Waals surface area (Å²) < 4.78 is 11.9. The van der Waals surface area contributed by atoms with Gasteiger partial charge in [0.2, 0.25) is 0 Å². The van der Waals surface area contributed by atoms with Crippen molar-refractivity contribution in [3.8, 4) is 0 Å². The lowest BCUT2D eigenvalue weighted by Crippen LogP contribution is -2.48. The molecule has 3 fully saturated rings. The SMILES string of the molecule is C=C(C)C(=O)OC1(C2CC3CCC2O3)CCCCC1. The summed E-state index contributed by atoms with van der Waals surface area (Å²) in [6.45, 7) is 5.45. The summed E-state index contributed by atoms with van der Waals surface area (Å²) in [7, 11) is 0. The fourth-order valence-electron chi connectivity index (χ4n) is 4.16. The van der Waals surface area contributed by atoms with Crippen LogP contribution in [-0.4, -0.2) is 23.8 Å². The van der Waals surface area contributed by atoms with Gasteiger partial charge in [-0.1, -0.05) is 13.0 Å². The maximum atomic E-state index is 12.0. The van der Waals surface area contributed by atoms with Crippen LogP contribution in [0.1, 0.15) is 58.3 Å². The summed E-state index contributed by atoms with van der Waals surface area (Å²) in [6, 6.07) is 0. The Labute approximate surface area is 115 Å². The molecule has 3 nitrogen and oxygen atoms in total. The van der Waals surface area contributed by atoms with E-state index in [1.807, 2.05) is 0 Å². The number of fused-ring (bicyclic) bond motifs is 2. The first-order chi connectivity index (χ1) is 9.11. The number of hydrogen-bond donors (Lipinski definition) is 0. The Morgan fingerprint density at radius 2 is 2.00 bits per heavy atom. The molecule has 0 aromatic heterocycles. The molecule has 0 radical (unpaired) electrons. The average molecular weight is 264 g/mol. The first kappa shape index (κ1) is 13.2. The minimum absolute atomic E-state index is 0.218. The van der Waals surface area contributed by atoms with E-state index in [0.717, 1.165) is 38.5 Å². The summed E-state index contributed by atoms with van der Waals surface area (Å²) >= 11 is 0. The molecule has 106 valence electrons. The molecule has 3 heteroatoms. The van der Waals surface area contributed by atoms with E-state index in [1.54, 1.807) is 6.92 Å². The van der Waals surface area contributed by atoms with Gasteiger partial charge >= 0.3 is 5.97 Å². The van der Waals surface area contributed by atoms with Crippen LogP contribution in [0.3, 0.4) is 0 Å². The van der Waals surface area contributed by atoms with Crippen LogP contribution >= 0.6 is 0 Å². The van der Waals surface area contributed by atoms with Crippen molar-refractivity contribution >= 4 is 5.97 Å². The maximum absolute atomic E-state index is 12.0. The van der Waals surface area contributed by atoms with Gasteiger partial charge in [-0.05, 0) is 51.9 Å². The van der Waals surface area contributed by atoms with Crippen LogP contribution in [0.4, 0.5) is 0 Å². The number of carbonyl (C=O) groups is 1. The second-order valence-corrected chi connectivity index (χ2v) is 6.51. The second-order valence-electron chi connectivity index (χ2n) is 6.51. The normalized spacial score (nSPS) is 36.2. The third kappa shape index (κ3) is 2.33. The smallest absolute Gasteiger partial charge is 0.333 e. The fourth-order valence-corrected chi connectivity index (χ4v) is 4.16. The Hall–Kier alpha value is -0.830. The van der Waals surface area contributed by atoms with E-state index in [1.165, 1.54) is 12.8 Å². The third-order valence-corrected chi connectivity index (χ3v) is 5.13. The highest BCUT2D eigenvalue weighted by Crippen LogP contribution is 2.50. The molecule has 0 aromatic rings. The van der Waals surface area contributed by atoms with Crippen LogP contribution in [0.2, 0.25) is 0 Å². The van der Waals surface area contributed by atoms with Crippen LogP contribution < -0.4 is 0 Å². The van der Waals surface area contributed by atoms with E-state index in [4.69, 9.17) is 9.47 Å². The lowest BCUT2D eigenvalue weighted by Gasteiger charge is -2.43. The fraction of sp³-hybridized carbons (Fsp3) is 0.812. The number of esters is 1. The van der Waals surface area contributed by atoms with Gasteiger partial charge in [0.15, 0.2) is 0 Å². The monoisotopic (exact) mass is 264 g/mol. The Morgan fingerprint density at radius 3 is 2.53 bits per heavy atom. The number of hydrogen-bond acceptors (Lipinski definition) is 3. The quantitative estimate of drug-likeness (QED) is 0.579. The molecule has 2 heterocycles. The Kier molecular flexibility index (Phi) is 3.42. The highest BCUT2D eigenvalue weighted by atomic mass is 16.6. The van der Waals surface area contributed by atoms with E-state index in [9.17, 15) is 4.79 Å². The lowest BCUT2D eigenvalue weighted by molar-refractivity contribution is -0.169. The van der Waals surface area contributed by atoms with Crippen molar-refractivity contribution in [2.24, 2.45) is 5.92 Å². The minimum Gasteiger partial charge on any atom is -0.455 e. The van der Waals surface area contributed by atoms with Gasteiger partial charge in [-0.15, -0.1) is 0 Å². The molecular formula is C16H24O3.